The highest BCUT2D eigenvalue weighted by Gasteiger charge is 2.22. The van der Waals surface area contributed by atoms with Crippen molar-refractivity contribution in [2.45, 2.75) is 45.1 Å². The average molecular weight is 485 g/mol. The predicted octanol–water partition coefficient (Wildman–Crippen LogP) is 5.38. The SMILES string of the molecule is CC(C)(C)c1ccc(NC(=O)c2cccnc2Nc2ccc3cn[nH]c3c2)cc1OCC1CCCN1. The van der Waals surface area contributed by atoms with Crippen molar-refractivity contribution in [3.8, 4) is 5.75 Å². The van der Waals surface area contributed by atoms with Crippen LogP contribution in [-0.4, -0.2) is 40.3 Å². The predicted molar refractivity (Wildman–Crippen MR) is 143 cm³/mol. The standard InChI is InChI=1S/C28H32N6O2/c1-28(2,3)23-11-10-20(15-25(23)36-17-21-6-4-12-29-21)33-27(35)22-7-5-13-30-26(22)32-19-9-8-18-16-31-34-24(18)14-19/h5,7-11,13-16,21,29H,4,6,12,17H2,1-3H3,(H,30,32)(H,31,34)(H,33,35). The number of rotatable bonds is 7. The molecule has 1 atom stereocenters. The van der Waals surface area contributed by atoms with Crippen molar-refractivity contribution >= 4 is 34.0 Å². The molecule has 1 fully saturated rings. The fraction of sp³-hybridized carbons (Fsp3) is 0.321. The number of hydrogen-bond donors (Lipinski definition) is 4. The molecule has 0 bridgehead atoms. The van der Waals surface area contributed by atoms with E-state index in [-0.39, 0.29) is 11.3 Å². The van der Waals surface area contributed by atoms with Gasteiger partial charge in [0.1, 0.15) is 18.2 Å². The molecule has 3 heterocycles. The molecule has 4 N–H and O–H groups in total. The Hall–Kier alpha value is -3.91. The molecule has 0 radical (unpaired) electrons. The highest BCUT2D eigenvalue weighted by Crippen LogP contribution is 2.34. The molecular formula is C28H32N6O2. The Kier molecular flexibility index (Phi) is 6.61. The zero-order chi connectivity index (χ0) is 25.1. The van der Waals surface area contributed by atoms with Gasteiger partial charge in [-0.05, 0) is 66.8 Å². The molecule has 36 heavy (non-hydrogen) atoms. The molecule has 8 heteroatoms. The molecular weight excluding hydrogens is 452 g/mol. The van der Waals surface area contributed by atoms with E-state index in [4.69, 9.17) is 4.74 Å². The summed E-state index contributed by atoms with van der Waals surface area (Å²) in [6.07, 6.45) is 5.72. The van der Waals surface area contributed by atoms with Crippen LogP contribution in [0.15, 0.2) is 60.9 Å². The summed E-state index contributed by atoms with van der Waals surface area (Å²) >= 11 is 0. The number of ether oxygens (including phenoxy) is 1. The molecule has 2 aromatic heterocycles. The van der Waals surface area contributed by atoms with Crippen molar-refractivity contribution in [2.75, 3.05) is 23.8 Å². The summed E-state index contributed by atoms with van der Waals surface area (Å²) < 4.78 is 6.26. The van der Waals surface area contributed by atoms with Crippen LogP contribution in [0.25, 0.3) is 10.9 Å². The van der Waals surface area contributed by atoms with Gasteiger partial charge in [0, 0.05) is 35.1 Å². The van der Waals surface area contributed by atoms with Crippen LogP contribution in [0.3, 0.4) is 0 Å². The molecule has 0 saturated carbocycles. The van der Waals surface area contributed by atoms with E-state index in [1.165, 1.54) is 6.42 Å². The Labute approximate surface area is 210 Å². The Morgan fingerprint density at radius 3 is 2.81 bits per heavy atom. The van der Waals surface area contributed by atoms with Crippen molar-refractivity contribution in [3.05, 3.63) is 72.1 Å². The number of carbonyl (C=O) groups is 1. The number of fused-ring (bicyclic) bond motifs is 1. The van der Waals surface area contributed by atoms with Crippen LogP contribution in [0.4, 0.5) is 17.2 Å². The molecule has 0 aliphatic carbocycles. The lowest BCUT2D eigenvalue weighted by Crippen LogP contribution is -2.28. The Morgan fingerprint density at radius 1 is 1.14 bits per heavy atom. The van der Waals surface area contributed by atoms with E-state index in [2.05, 4.69) is 51.9 Å². The number of hydrogen-bond acceptors (Lipinski definition) is 6. The number of nitrogens with one attached hydrogen (secondary N) is 4. The second-order valence-corrected chi connectivity index (χ2v) is 10.2. The van der Waals surface area contributed by atoms with E-state index >= 15 is 0 Å². The zero-order valence-electron chi connectivity index (χ0n) is 20.9. The molecule has 1 aliphatic heterocycles. The normalized spacial score (nSPS) is 15.7. The van der Waals surface area contributed by atoms with Crippen molar-refractivity contribution < 1.29 is 9.53 Å². The van der Waals surface area contributed by atoms with E-state index in [0.29, 0.717) is 29.7 Å². The second kappa shape index (κ2) is 9.99. The highest BCUT2D eigenvalue weighted by atomic mass is 16.5. The smallest absolute Gasteiger partial charge is 0.259 e. The maximum Gasteiger partial charge on any atom is 0.259 e. The summed E-state index contributed by atoms with van der Waals surface area (Å²) in [5.74, 6) is 1.02. The average Bonchev–Trinajstić information content (AvgIpc) is 3.54. The molecule has 1 aliphatic rings. The third-order valence-electron chi connectivity index (χ3n) is 6.41. The largest absolute Gasteiger partial charge is 0.492 e. The fourth-order valence-electron chi connectivity index (χ4n) is 4.47. The molecule has 0 spiro atoms. The highest BCUT2D eigenvalue weighted by molar-refractivity contribution is 6.08. The van der Waals surface area contributed by atoms with Gasteiger partial charge >= 0.3 is 0 Å². The van der Waals surface area contributed by atoms with Crippen molar-refractivity contribution in [1.29, 1.82) is 0 Å². The van der Waals surface area contributed by atoms with Crippen LogP contribution < -0.4 is 20.7 Å². The first kappa shape index (κ1) is 23.8. The quantitative estimate of drug-likeness (QED) is 0.281. The first-order valence-electron chi connectivity index (χ1n) is 12.3. The lowest BCUT2D eigenvalue weighted by atomic mass is 9.86. The van der Waals surface area contributed by atoms with E-state index < -0.39 is 0 Å². The van der Waals surface area contributed by atoms with Crippen LogP contribution >= 0.6 is 0 Å². The summed E-state index contributed by atoms with van der Waals surface area (Å²) in [6.45, 7) is 8.13. The number of amides is 1. The summed E-state index contributed by atoms with van der Waals surface area (Å²) in [6, 6.07) is 15.6. The van der Waals surface area contributed by atoms with Gasteiger partial charge in [0.2, 0.25) is 0 Å². The lowest BCUT2D eigenvalue weighted by Gasteiger charge is -2.24. The number of nitrogens with zero attached hydrogens (tertiary/aromatic N) is 2. The minimum atomic E-state index is -0.250. The maximum atomic E-state index is 13.3. The van der Waals surface area contributed by atoms with Gasteiger partial charge in [-0.25, -0.2) is 4.98 Å². The number of pyridine rings is 1. The Morgan fingerprint density at radius 2 is 2.00 bits per heavy atom. The Bertz CT molecular complexity index is 1370. The number of carbonyl (C=O) groups excluding carboxylic acids is 1. The van der Waals surface area contributed by atoms with Crippen molar-refractivity contribution in [3.63, 3.8) is 0 Å². The summed E-state index contributed by atoms with van der Waals surface area (Å²) in [5, 5.41) is 17.8. The lowest BCUT2D eigenvalue weighted by molar-refractivity contribution is 0.102. The minimum absolute atomic E-state index is 0.0861. The number of anilines is 3. The van der Waals surface area contributed by atoms with Crippen molar-refractivity contribution in [2.24, 2.45) is 0 Å². The summed E-state index contributed by atoms with van der Waals surface area (Å²) in [5.41, 5.74) is 3.86. The van der Waals surface area contributed by atoms with Crippen LogP contribution in [-0.2, 0) is 5.41 Å². The molecule has 186 valence electrons. The third kappa shape index (κ3) is 5.33. The topological polar surface area (TPSA) is 104 Å². The van der Waals surface area contributed by atoms with Crippen molar-refractivity contribution in [1.82, 2.24) is 20.5 Å². The molecule has 8 nitrogen and oxygen atoms in total. The molecule has 1 saturated heterocycles. The van der Waals surface area contributed by atoms with Gasteiger partial charge in [-0.3, -0.25) is 9.89 Å². The van der Waals surface area contributed by atoms with Gasteiger partial charge in [-0.1, -0.05) is 26.8 Å². The molecule has 1 amide bonds. The van der Waals surface area contributed by atoms with Crippen LogP contribution in [0.2, 0.25) is 0 Å². The van der Waals surface area contributed by atoms with E-state index in [1.807, 2.05) is 36.4 Å². The molecule has 1 unspecified atom stereocenters. The van der Waals surface area contributed by atoms with Gasteiger partial charge in [-0.15, -0.1) is 0 Å². The number of benzene rings is 2. The van der Waals surface area contributed by atoms with Gasteiger partial charge in [0.25, 0.3) is 5.91 Å². The first-order chi connectivity index (χ1) is 17.4. The number of H-pyrrole nitrogens is 1. The molecule has 2 aromatic carbocycles. The van der Waals surface area contributed by atoms with Gasteiger partial charge in [0.05, 0.1) is 17.3 Å². The Balaban J connectivity index is 1.35. The van der Waals surface area contributed by atoms with Crippen LogP contribution in [0, 0.1) is 0 Å². The minimum Gasteiger partial charge on any atom is -0.492 e. The van der Waals surface area contributed by atoms with E-state index in [9.17, 15) is 4.79 Å². The maximum absolute atomic E-state index is 13.3. The van der Waals surface area contributed by atoms with E-state index in [1.54, 1.807) is 24.5 Å². The number of aromatic amines is 1. The third-order valence-corrected chi connectivity index (χ3v) is 6.41. The van der Waals surface area contributed by atoms with Crippen LogP contribution in [0.1, 0.15) is 49.5 Å². The van der Waals surface area contributed by atoms with Gasteiger partial charge < -0.3 is 20.7 Å². The first-order valence-corrected chi connectivity index (χ1v) is 12.3. The van der Waals surface area contributed by atoms with Gasteiger partial charge in [0.15, 0.2) is 0 Å². The summed E-state index contributed by atoms with van der Waals surface area (Å²) in [7, 11) is 0. The van der Waals surface area contributed by atoms with Crippen LogP contribution in [0.5, 0.6) is 5.75 Å². The monoisotopic (exact) mass is 484 g/mol. The van der Waals surface area contributed by atoms with E-state index in [0.717, 1.165) is 40.9 Å². The second-order valence-electron chi connectivity index (χ2n) is 10.2. The fourth-order valence-corrected chi connectivity index (χ4v) is 4.47. The van der Waals surface area contributed by atoms with Gasteiger partial charge in [-0.2, -0.15) is 5.10 Å². The molecule has 5 rings (SSSR count). The zero-order valence-corrected chi connectivity index (χ0v) is 20.9. The summed E-state index contributed by atoms with van der Waals surface area (Å²) in [4.78, 5) is 17.7. The number of aromatic nitrogens is 3. The molecule has 4 aromatic rings.